The first-order valence-electron chi connectivity index (χ1n) is 8.59. The molecule has 1 aliphatic carbocycles. The molecular formula is C19H20N2O3S. The molecule has 25 heavy (non-hydrogen) atoms. The fourth-order valence-electron chi connectivity index (χ4n) is 3.53. The first-order chi connectivity index (χ1) is 12.0. The van der Waals surface area contributed by atoms with E-state index in [0.29, 0.717) is 16.8 Å². The van der Waals surface area contributed by atoms with Gasteiger partial charge in [0.25, 0.3) is 5.91 Å². The number of H-pyrrole nitrogens is 1. The summed E-state index contributed by atoms with van der Waals surface area (Å²) in [5.41, 5.74) is 5.27. The van der Waals surface area contributed by atoms with Crippen LogP contribution in [0.2, 0.25) is 0 Å². The highest BCUT2D eigenvalue weighted by atomic mass is 32.2. The summed E-state index contributed by atoms with van der Waals surface area (Å²) in [6.07, 6.45) is 6.31. The molecule has 2 heterocycles. The Labute approximate surface area is 147 Å². The SMILES string of the molecule is CCS(=O)(=O)c1ccc2c(c1)/C(=C/c1cc3c([nH]1)CCCC3)C(=O)N2. The molecule has 1 aromatic heterocycles. The number of benzene rings is 1. The van der Waals surface area contributed by atoms with Gasteiger partial charge < -0.3 is 10.3 Å². The van der Waals surface area contributed by atoms with Crippen LogP contribution in [0.4, 0.5) is 5.69 Å². The molecule has 0 atom stereocenters. The number of aromatic nitrogens is 1. The van der Waals surface area contributed by atoms with E-state index < -0.39 is 9.84 Å². The zero-order valence-corrected chi connectivity index (χ0v) is 14.9. The molecule has 0 spiro atoms. The van der Waals surface area contributed by atoms with Crippen LogP contribution < -0.4 is 5.32 Å². The van der Waals surface area contributed by atoms with Crippen LogP contribution in [0.1, 0.15) is 42.3 Å². The van der Waals surface area contributed by atoms with E-state index in [0.717, 1.165) is 18.5 Å². The molecule has 0 unspecified atom stereocenters. The molecule has 4 rings (SSSR count). The highest BCUT2D eigenvalue weighted by molar-refractivity contribution is 7.91. The lowest BCUT2D eigenvalue weighted by Crippen LogP contribution is -2.03. The van der Waals surface area contributed by atoms with Gasteiger partial charge >= 0.3 is 0 Å². The Kier molecular flexibility index (Phi) is 3.80. The summed E-state index contributed by atoms with van der Waals surface area (Å²) >= 11 is 0. The molecule has 0 fully saturated rings. The molecule has 0 saturated carbocycles. The van der Waals surface area contributed by atoms with Gasteiger partial charge in [-0.25, -0.2) is 8.42 Å². The van der Waals surface area contributed by atoms with Gasteiger partial charge in [0, 0.05) is 22.6 Å². The van der Waals surface area contributed by atoms with E-state index in [1.165, 1.54) is 24.1 Å². The Bertz CT molecular complexity index is 976. The van der Waals surface area contributed by atoms with Crippen LogP contribution in [0.5, 0.6) is 0 Å². The number of aryl methyl sites for hydroxylation is 2. The maximum Gasteiger partial charge on any atom is 0.256 e. The maximum atomic E-state index is 12.4. The third-order valence-electron chi connectivity index (χ3n) is 4.95. The Hall–Kier alpha value is -2.34. The van der Waals surface area contributed by atoms with Crippen molar-refractivity contribution in [3.8, 4) is 0 Å². The Balaban J connectivity index is 1.78. The predicted molar refractivity (Wildman–Crippen MR) is 98.1 cm³/mol. The standard InChI is InChI=1S/C19H20N2O3S/c1-2-25(23,24)14-7-8-18-15(11-14)16(19(22)21-18)10-13-9-12-5-3-4-6-17(12)20-13/h7-11,20H,2-6H2,1H3,(H,21,22)/b16-10-. The largest absolute Gasteiger partial charge is 0.359 e. The van der Waals surface area contributed by atoms with Crippen molar-refractivity contribution in [2.45, 2.75) is 37.5 Å². The van der Waals surface area contributed by atoms with Crippen molar-refractivity contribution in [1.29, 1.82) is 0 Å². The van der Waals surface area contributed by atoms with Crippen molar-refractivity contribution in [3.05, 3.63) is 46.8 Å². The number of anilines is 1. The number of fused-ring (bicyclic) bond motifs is 2. The molecule has 1 amide bonds. The number of sulfone groups is 1. The van der Waals surface area contributed by atoms with Gasteiger partial charge in [-0.05, 0) is 61.6 Å². The molecule has 0 saturated heterocycles. The first kappa shape index (κ1) is 16.1. The maximum absolute atomic E-state index is 12.4. The number of hydrogen-bond acceptors (Lipinski definition) is 3. The Morgan fingerprint density at radius 2 is 1.96 bits per heavy atom. The van der Waals surface area contributed by atoms with Crippen LogP contribution in [0.3, 0.4) is 0 Å². The van der Waals surface area contributed by atoms with Gasteiger partial charge in [-0.2, -0.15) is 0 Å². The smallest absolute Gasteiger partial charge is 0.256 e. The van der Waals surface area contributed by atoms with Crippen molar-refractivity contribution in [2.75, 3.05) is 11.1 Å². The Morgan fingerprint density at radius 3 is 2.72 bits per heavy atom. The number of rotatable bonds is 3. The van der Waals surface area contributed by atoms with E-state index in [1.54, 1.807) is 25.1 Å². The third kappa shape index (κ3) is 2.80. The van der Waals surface area contributed by atoms with Crippen LogP contribution in [-0.4, -0.2) is 25.1 Å². The monoisotopic (exact) mass is 356 g/mol. The molecule has 0 bridgehead atoms. The molecule has 0 radical (unpaired) electrons. The minimum atomic E-state index is -3.31. The number of aromatic amines is 1. The number of carbonyl (C=O) groups is 1. The third-order valence-corrected chi connectivity index (χ3v) is 6.68. The summed E-state index contributed by atoms with van der Waals surface area (Å²) in [7, 11) is -3.31. The fourth-order valence-corrected chi connectivity index (χ4v) is 4.44. The van der Waals surface area contributed by atoms with Gasteiger partial charge in [0.1, 0.15) is 0 Å². The average molecular weight is 356 g/mol. The number of hydrogen-bond donors (Lipinski definition) is 2. The number of nitrogens with one attached hydrogen (secondary N) is 2. The number of amides is 1. The second-order valence-electron chi connectivity index (χ2n) is 6.56. The second-order valence-corrected chi connectivity index (χ2v) is 8.84. The van der Waals surface area contributed by atoms with Crippen molar-refractivity contribution in [2.24, 2.45) is 0 Å². The van der Waals surface area contributed by atoms with E-state index in [9.17, 15) is 13.2 Å². The van der Waals surface area contributed by atoms with Crippen molar-refractivity contribution >= 4 is 33.1 Å². The average Bonchev–Trinajstić information content (AvgIpc) is 3.15. The summed E-state index contributed by atoms with van der Waals surface area (Å²) < 4.78 is 24.3. The topological polar surface area (TPSA) is 79.0 Å². The molecule has 1 aromatic carbocycles. The van der Waals surface area contributed by atoms with E-state index in [-0.39, 0.29) is 16.6 Å². The summed E-state index contributed by atoms with van der Waals surface area (Å²) in [4.78, 5) is 16.0. The van der Waals surface area contributed by atoms with Crippen LogP contribution >= 0.6 is 0 Å². The fraction of sp³-hybridized carbons (Fsp3) is 0.316. The second kappa shape index (κ2) is 5.88. The molecule has 2 aliphatic rings. The van der Waals surface area contributed by atoms with E-state index in [4.69, 9.17) is 0 Å². The Morgan fingerprint density at radius 1 is 1.16 bits per heavy atom. The van der Waals surface area contributed by atoms with Gasteiger partial charge in [-0.3, -0.25) is 4.79 Å². The van der Waals surface area contributed by atoms with Crippen LogP contribution in [0, 0.1) is 0 Å². The summed E-state index contributed by atoms with van der Waals surface area (Å²) in [6.45, 7) is 1.62. The molecule has 130 valence electrons. The van der Waals surface area contributed by atoms with Gasteiger partial charge in [0.05, 0.1) is 16.2 Å². The summed E-state index contributed by atoms with van der Waals surface area (Å²) in [5, 5.41) is 2.81. The first-order valence-corrected chi connectivity index (χ1v) is 10.2. The molecule has 1 aliphatic heterocycles. The van der Waals surface area contributed by atoms with E-state index in [1.807, 2.05) is 6.08 Å². The molecular weight excluding hydrogens is 336 g/mol. The van der Waals surface area contributed by atoms with Gasteiger partial charge in [-0.15, -0.1) is 0 Å². The molecule has 2 aromatic rings. The van der Waals surface area contributed by atoms with Crippen molar-refractivity contribution < 1.29 is 13.2 Å². The minimum absolute atomic E-state index is 0.0373. The predicted octanol–water partition coefficient (Wildman–Crippen LogP) is 3.18. The lowest BCUT2D eigenvalue weighted by Gasteiger charge is -2.08. The van der Waals surface area contributed by atoms with Gasteiger partial charge in [0.15, 0.2) is 9.84 Å². The van der Waals surface area contributed by atoms with Crippen LogP contribution in [0.15, 0.2) is 29.2 Å². The number of carbonyl (C=O) groups excluding carboxylic acids is 1. The van der Waals surface area contributed by atoms with E-state index >= 15 is 0 Å². The lowest BCUT2D eigenvalue weighted by atomic mass is 9.98. The molecule has 6 heteroatoms. The van der Waals surface area contributed by atoms with Crippen LogP contribution in [0.25, 0.3) is 11.6 Å². The summed E-state index contributed by atoms with van der Waals surface area (Å²) in [6, 6.07) is 6.91. The molecule has 2 N–H and O–H groups in total. The van der Waals surface area contributed by atoms with Crippen molar-refractivity contribution in [1.82, 2.24) is 4.98 Å². The van der Waals surface area contributed by atoms with E-state index in [2.05, 4.69) is 16.4 Å². The highest BCUT2D eigenvalue weighted by Crippen LogP contribution is 2.35. The zero-order valence-electron chi connectivity index (χ0n) is 14.1. The normalized spacial score (nSPS) is 18.1. The van der Waals surface area contributed by atoms with Crippen LogP contribution in [-0.2, 0) is 27.5 Å². The minimum Gasteiger partial charge on any atom is -0.359 e. The van der Waals surface area contributed by atoms with Gasteiger partial charge in [0.2, 0.25) is 0 Å². The zero-order chi connectivity index (χ0) is 17.6. The quantitative estimate of drug-likeness (QED) is 0.829. The summed E-state index contributed by atoms with van der Waals surface area (Å²) in [5.74, 6) is -0.163. The molecule has 5 nitrogen and oxygen atoms in total. The lowest BCUT2D eigenvalue weighted by molar-refractivity contribution is -0.110. The van der Waals surface area contributed by atoms with Crippen molar-refractivity contribution in [3.63, 3.8) is 0 Å². The highest BCUT2D eigenvalue weighted by Gasteiger charge is 2.26. The van der Waals surface area contributed by atoms with Gasteiger partial charge in [-0.1, -0.05) is 6.92 Å².